The summed E-state index contributed by atoms with van der Waals surface area (Å²) in [5, 5.41) is 9.25. The van der Waals surface area contributed by atoms with Crippen LogP contribution in [-0.4, -0.2) is 36.2 Å². The first-order valence-electron chi connectivity index (χ1n) is 5.38. The van der Waals surface area contributed by atoms with Crippen LogP contribution >= 0.6 is 22.9 Å². The summed E-state index contributed by atoms with van der Waals surface area (Å²) >= 11 is 7.48. The van der Waals surface area contributed by atoms with Gasteiger partial charge in [0.25, 0.3) is 0 Å². The van der Waals surface area contributed by atoms with Crippen molar-refractivity contribution < 1.29 is 5.11 Å². The van der Waals surface area contributed by atoms with Gasteiger partial charge >= 0.3 is 0 Å². The average molecular weight is 263 g/mol. The molecule has 92 valence electrons. The van der Waals surface area contributed by atoms with Gasteiger partial charge in [0.05, 0.1) is 16.5 Å². The number of rotatable bonds is 6. The monoisotopic (exact) mass is 262 g/mol. The lowest BCUT2D eigenvalue weighted by Gasteiger charge is -2.26. The van der Waals surface area contributed by atoms with Crippen LogP contribution in [0.25, 0.3) is 0 Å². The summed E-state index contributed by atoms with van der Waals surface area (Å²) in [4.78, 5) is 3.34. The summed E-state index contributed by atoms with van der Waals surface area (Å²) in [6.45, 7) is 3.19. The van der Waals surface area contributed by atoms with Crippen LogP contribution < -0.4 is 5.73 Å². The Morgan fingerprint density at radius 1 is 1.56 bits per heavy atom. The summed E-state index contributed by atoms with van der Waals surface area (Å²) in [6.07, 6.45) is 0.486. The molecule has 3 N–H and O–H groups in total. The van der Waals surface area contributed by atoms with E-state index in [0.717, 1.165) is 17.3 Å². The number of aliphatic hydroxyl groups is 1. The quantitative estimate of drug-likeness (QED) is 0.826. The van der Waals surface area contributed by atoms with Gasteiger partial charge in [-0.2, -0.15) is 0 Å². The van der Waals surface area contributed by atoms with Crippen molar-refractivity contribution >= 4 is 22.9 Å². The Hall–Kier alpha value is -0.130. The number of nitrogens with zero attached hydrogens (tertiary/aromatic N) is 1. The Labute approximate surface area is 106 Å². The van der Waals surface area contributed by atoms with Crippen LogP contribution in [-0.2, 0) is 0 Å². The SMILES string of the molecule is CC(O)CCN(C)C(CN)c1ccc(Cl)s1. The number of halogens is 1. The molecule has 1 rings (SSSR count). The Balaban J connectivity index is 2.59. The molecule has 16 heavy (non-hydrogen) atoms. The topological polar surface area (TPSA) is 49.5 Å². The van der Waals surface area contributed by atoms with Crippen molar-refractivity contribution in [2.75, 3.05) is 20.1 Å². The highest BCUT2D eigenvalue weighted by molar-refractivity contribution is 7.16. The summed E-state index contributed by atoms with van der Waals surface area (Å²) in [7, 11) is 2.02. The molecule has 2 atom stereocenters. The highest BCUT2D eigenvalue weighted by atomic mass is 35.5. The molecule has 0 radical (unpaired) electrons. The lowest BCUT2D eigenvalue weighted by Crippen LogP contribution is -2.31. The molecule has 0 saturated heterocycles. The first-order valence-corrected chi connectivity index (χ1v) is 6.57. The number of aliphatic hydroxyl groups excluding tert-OH is 1. The van der Waals surface area contributed by atoms with E-state index >= 15 is 0 Å². The summed E-state index contributed by atoms with van der Waals surface area (Å²) in [6, 6.07) is 4.10. The molecule has 0 aliphatic carbocycles. The maximum absolute atomic E-state index is 9.25. The first kappa shape index (κ1) is 13.9. The van der Waals surface area contributed by atoms with E-state index in [1.165, 1.54) is 4.88 Å². The van der Waals surface area contributed by atoms with Crippen LogP contribution in [0.1, 0.15) is 24.3 Å². The Morgan fingerprint density at radius 3 is 2.69 bits per heavy atom. The molecule has 0 saturated carbocycles. The number of thiophene rings is 1. The van der Waals surface area contributed by atoms with Gasteiger partial charge in [-0.1, -0.05) is 11.6 Å². The minimum atomic E-state index is -0.271. The molecule has 0 aliphatic rings. The zero-order valence-corrected chi connectivity index (χ0v) is 11.3. The minimum Gasteiger partial charge on any atom is -0.393 e. The minimum absolute atomic E-state index is 0.191. The molecule has 1 aromatic rings. The molecule has 0 fully saturated rings. The molecule has 0 aromatic carbocycles. The highest BCUT2D eigenvalue weighted by Gasteiger charge is 2.17. The smallest absolute Gasteiger partial charge is 0.0931 e. The third kappa shape index (κ3) is 4.03. The van der Waals surface area contributed by atoms with Crippen LogP contribution in [0.4, 0.5) is 0 Å². The largest absolute Gasteiger partial charge is 0.393 e. The van der Waals surface area contributed by atoms with Crippen molar-refractivity contribution in [1.82, 2.24) is 4.90 Å². The zero-order chi connectivity index (χ0) is 12.1. The van der Waals surface area contributed by atoms with Crippen molar-refractivity contribution in [1.29, 1.82) is 0 Å². The van der Waals surface area contributed by atoms with E-state index in [4.69, 9.17) is 17.3 Å². The molecule has 1 heterocycles. The second-order valence-corrected chi connectivity index (χ2v) is 5.76. The predicted molar refractivity (Wildman–Crippen MR) is 70.1 cm³/mol. The molecule has 0 amide bonds. The van der Waals surface area contributed by atoms with Gasteiger partial charge in [-0.3, -0.25) is 4.90 Å². The fourth-order valence-electron chi connectivity index (χ4n) is 1.57. The molecule has 3 nitrogen and oxygen atoms in total. The van der Waals surface area contributed by atoms with Crippen molar-refractivity contribution in [3.63, 3.8) is 0 Å². The van der Waals surface area contributed by atoms with Crippen molar-refractivity contribution in [2.45, 2.75) is 25.5 Å². The Morgan fingerprint density at radius 2 is 2.25 bits per heavy atom. The molecule has 2 unspecified atom stereocenters. The van der Waals surface area contributed by atoms with Gasteiger partial charge in [-0.25, -0.2) is 0 Å². The standard InChI is InChI=1S/C11H19ClN2OS/c1-8(15)5-6-14(2)9(7-13)10-3-4-11(12)16-10/h3-4,8-9,15H,5-7,13H2,1-2H3. The maximum Gasteiger partial charge on any atom is 0.0931 e. The summed E-state index contributed by atoms with van der Waals surface area (Å²) in [5.41, 5.74) is 5.78. The number of likely N-dealkylation sites (N-methyl/N-ethyl adjacent to an activating group) is 1. The normalized spacial score (nSPS) is 15.4. The molecule has 5 heteroatoms. The lowest BCUT2D eigenvalue weighted by atomic mass is 10.2. The first-order chi connectivity index (χ1) is 7.54. The number of hydrogen-bond acceptors (Lipinski definition) is 4. The molecule has 0 spiro atoms. The van der Waals surface area contributed by atoms with Crippen LogP contribution in [0.15, 0.2) is 12.1 Å². The van der Waals surface area contributed by atoms with E-state index in [1.807, 2.05) is 19.2 Å². The fraction of sp³-hybridized carbons (Fsp3) is 0.636. The number of nitrogens with two attached hydrogens (primary N) is 1. The van der Waals surface area contributed by atoms with Crippen molar-refractivity contribution in [3.8, 4) is 0 Å². The Kier molecular flexibility index (Phi) is 5.72. The zero-order valence-electron chi connectivity index (χ0n) is 9.69. The molecule has 0 aliphatic heterocycles. The van der Waals surface area contributed by atoms with E-state index < -0.39 is 0 Å². The summed E-state index contributed by atoms with van der Waals surface area (Å²) in [5.74, 6) is 0. The third-order valence-corrected chi connectivity index (χ3v) is 3.91. The van der Waals surface area contributed by atoms with E-state index in [9.17, 15) is 5.11 Å². The third-order valence-electron chi connectivity index (χ3n) is 2.58. The predicted octanol–water partition coefficient (Wildman–Crippen LogP) is 2.10. The van der Waals surface area contributed by atoms with Gasteiger partial charge in [0, 0.05) is 18.0 Å². The highest BCUT2D eigenvalue weighted by Crippen LogP contribution is 2.29. The van der Waals surface area contributed by atoms with Gasteiger partial charge < -0.3 is 10.8 Å². The van der Waals surface area contributed by atoms with Gasteiger partial charge in [-0.15, -0.1) is 11.3 Å². The average Bonchev–Trinajstić information content (AvgIpc) is 2.63. The van der Waals surface area contributed by atoms with Gasteiger partial charge in [-0.05, 0) is 32.5 Å². The second-order valence-electron chi connectivity index (χ2n) is 4.01. The van der Waals surface area contributed by atoms with E-state index in [0.29, 0.717) is 6.54 Å². The fourth-order valence-corrected chi connectivity index (χ4v) is 2.81. The van der Waals surface area contributed by atoms with Crippen LogP contribution in [0.3, 0.4) is 0 Å². The Bertz CT molecular complexity index is 317. The molecule has 0 bridgehead atoms. The van der Waals surface area contributed by atoms with E-state index in [-0.39, 0.29) is 12.1 Å². The molecular formula is C11H19ClN2OS. The van der Waals surface area contributed by atoms with Gasteiger partial charge in [0.1, 0.15) is 0 Å². The van der Waals surface area contributed by atoms with Gasteiger partial charge in [0.15, 0.2) is 0 Å². The maximum atomic E-state index is 9.25. The molecular weight excluding hydrogens is 244 g/mol. The van der Waals surface area contributed by atoms with Crippen LogP contribution in [0, 0.1) is 0 Å². The van der Waals surface area contributed by atoms with Crippen LogP contribution in [0.2, 0.25) is 4.34 Å². The lowest BCUT2D eigenvalue weighted by molar-refractivity contribution is 0.151. The van der Waals surface area contributed by atoms with E-state index in [2.05, 4.69) is 4.90 Å². The van der Waals surface area contributed by atoms with Crippen molar-refractivity contribution in [3.05, 3.63) is 21.3 Å². The summed E-state index contributed by atoms with van der Waals surface area (Å²) < 4.78 is 0.789. The van der Waals surface area contributed by atoms with Gasteiger partial charge in [0.2, 0.25) is 0 Å². The number of hydrogen-bond donors (Lipinski definition) is 2. The van der Waals surface area contributed by atoms with E-state index in [1.54, 1.807) is 18.3 Å². The second kappa shape index (κ2) is 6.57. The molecule has 1 aromatic heterocycles. The van der Waals surface area contributed by atoms with Crippen molar-refractivity contribution in [2.24, 2.45) is 5.73 Å². The van der Waals surface area contributed by atoms with Crippen LogP contribution in [0.5, 0.6) is 0 Å².